The van der Waals surface area contributed by atoms with Gasteiger partial charge in [-0.25, -0.2) is 0 Å². The molecule has 0 atom stereocenters. The van der Waals surface area contributed by atoms with Crippen molar-refractivity contribution in [2.24, 2.45) is 0 Å². The Morgan fingerprint density at radius 3 is 2.11 bits per heavy atom. The predicted molar refractivity (Wildman–Crippen MR) is 36.2 cm³/mol. The first-order chi connectivity index (χ1) is 4.30. The number of rotatable bonds is 1. The molecule has 0 aliphatic carbocycles. The summed E-state index contributed by atoms with van der Waals surface area (Å²) in [5.74, 6) is 0. The Bertz CT molecular complexity index is 201. The van der Waals surface area contributed by atoms with E-state index in [-0.39, 0.29) is 0 Å². The van der Waals surface area contributed by atoms with E-state index >= 15 is 0 Å². The molecule has 42 valence electrons. The van der Waals surface area contributed by atoms with Gasteiger partial charge in [-0.1, -0.05) is 0 Å². The zero-order valence-corrected chi connectivity index (χ0v) is 8.98. The molecule has 0 nitrogen and oxygen atoms in total. The van der Waals surface area contributed by atoms with E-state index in [9.17, 15) is 0 Å². The van der Waals surface area contributed by atoms with E-state index in [4.69, 9.17) is 0 Å². The van der Waals surface area contributed by atoms with Crippen LogP contribution in [0.15, 0.2) is 30.3 Å². The van der Waals surface area contributed by atoms with Gasteiger partial charge in [0.2, 0.25) is 0 Å². The van der Waals surface area contributed by atoms with Crippen LogP contribution < -0.4 is 0 Å². The SMILES string of the molecule is C[C](=[Hf+2])c1ccccc1. The zero-order chi connectivity index (χ0) is 6.69. The van der Waals surface area contributed by atoms with Gasteiger partial charge in [0.05, 0.1) is 0 Å². The van der Waals surface area contributed by atoms with E-state index in [1.165, 1.54) is 32.7 Å². The van der Waals surface area contributed by atoms with Gasteiger partial charge in [-0.05, 0) is 0 Å². The van der Waals surface area contributed by atoms with Crippen LogP contribution in [0.2, 0.25) is 0 Å². The summed E-state index contributed by atoms with van der Waals surface area (Å²) < 4.78 is 1.51. The summed E-state index contributed by atoms with van der Waals surface area (Å²) in [6.45, 7) is 2.18. The van der Waals surface area contributed by atoms with Crippen molar-refractivity contribution in [3.63, 3.8) is 0 Å². The molecule has 0 aliphatic rings. The second-order valence-electron chi connectivity index (χ2n) is 1.99. The van der Waals surface area contributed by atoms with Gasteiger partial charge in [0.25, 0.3) is 0 Å². The standard InChI is InChI=1S/C8H8.Hf/c1-2-8-6-4-3-5-7-8;/h3-7H,1H3;/q;+2. The summed E-state index contributed by atoms with van der Waals surface area (Å²) in [6.07, 6.45) is 0. The van der Waals surface area contributed by atoms with Crippen molar-refractivity contribution in [2.45, 2.75) is 6.92 Å². The number of hydrogen-bond donors (Lipinski definition) is 0. The Hall–Kier alpha value is -0.0399. The van der Waals surface area contributed by atoms with Crippen LogP contribution in [0.4, 0.5) is 0 Å². The van der Waals surface area contributed by atoms with Gasteiger partial charge in [-0.2, -0.15) is 0 Å². The van der Waals surface area contributed by atoms with Crippen molar-refractivity contribution < 1.29 is 23.9 Å². The third-order valence-electron chi connectivity index (χ3n) is 1.21. The molecule has 0 bridgehead atoms. The first-order valence-electron chi connectivity index (χ1n) is 2.91. The average molecular weight is 283 g/mol. The first kappa shape index (κ1) is 7.07. The summed E-state index contributed by atoms with van der Waals surface area (Å²) in [5.41, 5.74) is 1.39. The molecule has 1 aromatic rings. The van der Waals surface area contributed by atoms with E-state index < -0.39 is 0 Å². The second-order valence-corrected chi connectivity index (χ2v) is 4.69. The molecule has 0 aromatic heterocycles. The molecule has 0 saturated heterocycles. The molecule has 0 radical (unpaired) electrons. The molecule has 0 unspecified atom stereocenters. The zero-order valence-electron chi connectivity index (χ0n) is 5.39. The van der Waals surface area contributed by atoms with Gasteiger partial charge < -0.3 is 0 Å². The molecular weight excluding hydrogens is 275 g/mol. The predicted octanol–water partition coefficient (Wildman–Crippen LogP) is 1.77. The molecular formula is C8H8Hf+2. The Morgan fingerprint density at radius 2 is 1.78 bits per heavy atom. The van der Waals surface area contributed by atoms with Crippen LogP contribution in [0.3, 0.4) is 0 Å². The van der Waals surface area contributed by atoms with Crippen molar-refractivity contribution in [1.82, 2.24) is 0 Å². The van der Waals surface area contributed by atoms with Crippen molar-refractivity contribution >= 4 is 3.26 Å². The van der Waals surface area contributed by atoms with E-state index in [1.807, 2.05) is 6.07 Å². The molecule has 0 aliphatic heterocycles. The Morgan fingerprint density at radius 1 is 1.22 bits per heavy atom. The molecule has 1 aromatic carbocycles. The molecule has 0 heterocycles. The van der Waals surface area contributed by atoms with Crippen LogP contribution in [0.1, 0.15) is 12.5 Å². The minimum absolute atomic E-state index is 1.17. The first-order valence-corrected chi connectivity index (χ1v) is 4.71. The third kappa shape index (κ3) is 1.98. The fourth-order valence-corrected chi connectivity index (χ4v) is 1.29. The van der Waals surface area contributed by atoms with Crippen LogP contribution in [0.25, 0.3) is 0 Å². The quantitative estimate of drug-likeness (QED) is 0.689. The fourth-order valence-electron chi connectivity index (χ4n) is 0.688. The van der Waals surface area contributed by atoms with Gasteiger partial charge in [0.15, 0.2) is 0 Å². The summed E-state index contributed by atoms with van der Waals surface area (Å²) in [5, 5.41) is 0. The van der Waals surface area contributed by atoms with E-state index in [0.29, 0.717) is 0 Å². The summed E-state index contributed by atoms with van der Waals surface area (Å²) in [7, 11) is 0. The van der Waals surface area contributed by atoms with Crippen LogP contribution in [0, 0.1) is 0 Å². The van der Waals surface area contributed by atoms with Gasteiger partial charge in [-0.15, -0.1) is 0 Å². The van der Waals surface area contributed by atoms with Crippen molar-refractivity contribution in [3.8, 4) is 0 Å². The van der Waals surface area contributed by atoms with Crippen molar-refractivity contribution in [3.05, 3.63) is 35.9 Å². The molecule has 1 rings (SSSR count). The summed E-state index contributed by atoms with van der Waals surface area (Å²) in [4.78, 5) is 0. The van der Waals surface area contributed by atoms with E-state index in [2.05, 4.69) is 31.2 Å². The summed E-state index contributed by atoms with van der Waals surface area (Å²) in [6, 6.07) is 10.5. The average Bonchev–Trinajstić information content (AvgIpc) is 1.90. The van der Waals surface area contributed by atoms with Crippen LogP contribution in [0.5, 0.6) is 0 Å². The van der Waals surface area contributed by atoms with Crippen LogP contribution >= 0.6 is 0 Å². The number of hydrogen-bond acceptors (Lipinski definition) is 0. The molecule has 0 amide bonds. The van der Waals surface area contributed by atoms with E-state index in [1.54, 1.807) is 0 Å². The van der Waals surface area contributed by atoms with Gasteiger partial charge in [0, 0.05) is 0 Å². The molecule has 0 saturated carbocycles. The topological polar surface area (TPSA) is 0 Å². The molecule has 0 fully saturated rings. The Labute approximate surface area is 70.0 Å². The van der Waals surface area contributed by atoms with E-state index in [0.717, 1.165) is 0 Å². The Balaban J connectivity index is 2.98. The third-order valence-corrected chi connectivity index (χ3v) is 2.24. The maximum absolute atomic E-state index is 2.18. The van der Waals surface area contributed by atoms with Crippen LogP contribution in [-0.2, 0) is 23.9 Å². The minimum atomic E-state index is 1.17. The van der Waals surface area contributed by atoms with Crippen molar-refractivity contribution in [2.75, 3.05) is 0 Å². The molecule has 0 spiro atoms. The van der Waals surface area contributed by atoms with Gasteiger partial charge >= 0.3 is 70.0 Å². The molecule has 1 heteroatoms. The van der Waals surface area contributed by atoms with Gasteiger partial charge in [0.1, 0.15) is 0 Å². The van der Waals surface area contributed by atoms with Crippen LogP contribution in [-0.4, -0.2) is 3.26 Å². The monoisotopic (exact) mass is 284 g/mol. The normalized spacial score (nSPS) is 9.22. The van der Waals surface area contributed by atoms with Crippen molar-refractivity contribution in [1.29, 1.82) is 0 Å². The maximum atomic E-state index is 2.18. The Kier molecular flexibility index (Phi) is 2.52. The fraction of sp³-hybridized carbons (Fsp3) is 0.125. The summed E-state index contributed by atoms with van der Waals surface area (Å²) >= 11 is 1.17. The number of benzene rings is 1. The molecule has 9 heavy (non-hydrogen) atoms. The molecule has 0 N–H and O–H groups in total. The second kappa shape index (κ2) is 3.21. The van der Waals surface area contributed by atoms with Gasteiger partial charge in [-0.3, -0.25) is 0 Å².